The Bertz CT molecular complexity index is 921. The van der Waals surface area contributed by atoms with Crippen LogP contribution in [0.5, 0.6) is 5.75 Å². The molecule has 30 heavy (non-hydrogen) atoms. The summed E-state index contributed by atoms with van der Waals surface area (Å²) in [5.41, 5.74) is 2.99. The van der Waals surface area contributed by atoms with Crippen LogP contribution in [0.25, 0.3) is 0 Å². The molecule has 0 aliphatic carbocycles. The van der Waals surface area contributed by atoms with E-state index in [2.05, 4.69) is 0 Å². The fourth-order valence-electron chi connectivity index (χ4n) is 2.47. The second-order valence-electron chi connectivity index (χ2n) is 7.51. The summed E-state index contributed by atoms with van der Waals surface area (Å²) in [6.07, 6.45) is 6.68. The largest absolute Gasteiger partial charge is 0.490 e. The van der Waals surface area contributed by atoms with E-state index in [4.69, 9.17) is 4.74 Å². The first-order valence-corrected chi connectivity index (χ1v) is 11.6. The summed E-state index contributed by atoms with van der Waals surface area (Å²) in [5, 5.41) is 0.908. The Hall–Kier alpha value is -2.67. The van der Waals surface area contributed by atoms with Crippen molar-refractivity contribution in [1.82, 2.24) is 4.90 Å². The number of allylic oxidation sites excluding steroid dienone is 3. The molecule has 0 heterocycles. The van der Waals surface area contributed by atoms with Crippen molar-refractivity contribution >= 4 is 21.5 Å². The van der Waals surface area contributed by atoms with Crippen molar-refractivity contribution in [2.75, 3.05) is 26.5 Å². The van der Waals surface area contributed by atoms with E-state index in [1.54, 1.807) is 13.1 Å². The molecule has 1 rings (SSSR count). The zero-order valence-electron chi connectivity index (χ0n) is 18.3. The van der Waals surface area contributed by atoms with Crippen LogP contribution in [-0.2, 0) is 25.8 Å². The molecular weight excluding hydrogens is 402 g/mol. The van der Waals surface area contributed by atoms with E-state index in [0.717, 1.165) is 40.2 Å². The summed E-state index contributed by atoms with van der Waals surface area (Å²) in [7, 11) is -1.69. The van der Waals surface area contributed by atoms with E-state index in [1.807, 2.05) is 51.1 Å². The van der Waals surface area contributed by atoms with E-state index >= 15 is 0 Å². The number of likely N-dealkylation sites (N-methyl/N-ethyl adjacent to an activating group) is 1. The SMILES string of the molecule is CC(C)=CC(=O)C/C(C)=C/COc1ccc(CCN(C)C(=O)/C=C/S(C)(=O)=O)cc1. The minimum absolute atomic E-state index is 0.0864. The quantitative estimate of drug-likeness (QED) is 0.394. The highest BCUT2D eigenvalue weighted by Crippen LogP contribution is 2.13. The van der Waals surface area contributed by atoms with Gasteiger partial charge in [-0.1, -0.05) is 23.3 Å². The van der Waals surface area contributed by atoms with Crippen molar-refractivity contribution in [1.29, 1.82) is 0 Å². The topological polar surface area (TPSA) is 80.8 Å². The molecule has 0 aliphatic heterocycles. The van der Waals surface area contributed by atoms with E-state index in [9.17, 15) is 18.0 Å². The smallest absolute Gasteiger partial charge is 0.247 e. The van der Waals surface area contributed by atoms with Gasteiger partial charge >= 0.3 is 0 Å². The van der Waals surface area contributed by atoms with Crippen LogP contribution in [0.2, 0.25) is 0 Å². The zero-order valence-corrected chi connectivity index (χ0v) is 19.2. The highest BCUT2D eigenvalue weighted by atomic mass is 32.2. The maximum atomic E-state index is 11.9. The van der Waals surface area contributed by atoms with E-state index in [0.29, 0.717) is 26.0 Å². The highest BCUT2D eigenvalue weighted by Gasteiger charge is 2.07. The van der Waals surface area contributed by atoms with Gasteiger partial charge < -0.3 is 9.64 Å². The van der Waals surface area contributed by atoms with Crippen molar-refractivity contribution in [2.45, 2.75) is 33.6 Å². The van der Waals surface area contributed by atoms with Crippen LogP contribution in [0.4, 0.5) is 0 Å². The summed E-state index contributed by atoms with van der Waals surface area (Å²) in [6, 6.07) is 7.57. The molecule has 164 valence electrons. The van der Waals surface area contributed by atoms with Crippen LogP contribution in [-0.4, -0.2) is 51.5 Å². The van der Waals surface area contributed by atoms with Gasteiger partial charge in [0.05, 0.1) is 0 Å². The Balaban J connectivity index is 2.47. The van der Waals surface area contributed by atoms with Gasteiger partial charge in [-0.25, -0.2) is 8.42 Å². The summed E-state index contributed by atoms with van der Waals surface area (Å²) in [4.78, 5) is 25.1. The van der Waals surface area contributed by atoms with Crippen LogP contribution in [0.3, 0.4) is 0 Å². The number of carbonyl (C=O) groups is 2. The first-order chi connectivity index (χ1) is 14.0. The maximum Gasteiger partial charge on any atom is 0.247 e. The van der Waals surface area contributed by atoms with Gasteiger partial charge in [0.15, 0.2) is 15.6 Å². The van der Waals surface area contributed by atoms with Crippen molar-refractivity contribution < 1.29 is 22.7 Å². The van der Waals surface area contributed by atoms with Gasteiger partial charge in [-0.3, -0.25) is 9.59 Å². The number of hydrogen-bond acceptors (Lipinski definition) is 5. The highest BCUT2D eigenvalue weighted by molar-refractivity contribution is 7.93. The second-order valence-corrected chi connectivity index (χ2v) is 9.44. The summed E-state index contributed by atoms with van der Waals surface area (Å²) in [5.74, 6) is 0.452. The third-order valence-corrected chi connectivity index (χ3v) is 4.71. The fourth-order valence-corrected chi connectivity index (χ4v) is 2.83. The molecule has 0 unspecified atom stereocenters. The van der Waals surface area contributed by atoms with Crippen molar-refractivity contribution in [3.63, 3.8) is 0 Å². The van der Waals surface area contributed by atoms with Gasteiger partial charge in [0.2, 0.25) is 5.91 Å². The maximum absolute atomic E-state index is 11.9. The molecule has 0 fully saturated rings. The Kier molecular flexibility index (Phi) is 10.3. The number of hydrogen-bond donors (Lipinski definition) is 0. The minimum Gasteiger partial charge on any atom is -0.490 e. The first kappa shape index (κ1) is 25.4. The van der Waals surface area contributed by atoms with Gasteiger partial charge in [-0.05, 0) is 57.0 Å². The second kappa shape index (κ2) is 12.1. The normalized spacial score (nSPS) is 12.0. The number of amides is 1. The van der Waals surface area contributed by atoms with Gasteiger partial charge in [0, 0.05) is 37.8 Å². The molecule has 6 nitrogen and oxygen atoms in total. The predicted molar refractivity (Wildman–Crippen MR) is 120 cm³/mol. The Morgan fingerprint density at radius 1 is 1.10 bits per heavy atom. The van der Waals surface area contributed by atoms with Crippen LogP contribution >= 0.6 is 0 Å². The monoisotopic (exact) mass is 433 g/mol. The van der Waals surface area contributed by atoms with Crippen molar-refractivity contribution in [3.05, 3.63) is 64.6 Å². The lowest BCUT2D eigenvalue weighted by atomic mass is 10.1. The number of ether oxygens (including phenoxy) is 1. The van der Waals surface area contributed by atoms with Gasteiger partial charge in [-0.2, -0.15) is 0 Å². The summed E-state index contributed by atoms with van der Waals surface area (Å²) >= 11 is 0. The number of benzene rings is 1. The Morgan fingerprint density at radius 2 is 1.73 bits per heavy atom. The van der Waals surface area contributed by atoms with Crippen LogP contribution < -0.4 is 4.74 Å². The molecule has 0 atom stereocenters. The Labute approximate surface area is 179 Å². The zero-order chi connectivity index (χ0) is 22.7. The molecule has 1 aromatic carbocycles. The fraction of sp³-hybridized carbons (Fsp3) is 0.391. The van der Waals surface area contributed by atoms with E-state index < -0.39 is 9.84 Å². The summed E-state index contributed by atoms with van der Waals surface area (Å²) < 4.78 is 27.8. The van der Waals surface area contributed by atoms with Gasteiger partial charge in [0.1, 0.15) is 12.4 Å². The molecule has 0 N–H and O–H groups in total. The van der Waals surface area contributed by atoms with Crippen molar-refractivity contribution in [2.24, 2.45) is 0 Å². The number of carbonyl (C=O) groups excluding carboxylic acids is 2. The molecule has 7 heteroatoms. The minimum atomic E-state index is -3.31. The molecule has 1 amide bonds. The van der Waals surface area contributed by atoms with E-state index in [1.165, 1.54) is 4.90 Å². The molecule has 0 aliphatic rings. The number of rotatable bonds is 11. The van der Waals surface area contributed by atoms with Gasteiger partial charge in [0.25, 0.3) is 0 Å². The number of nitrogens with zero attached hydrogens (tertiary/aromatic N) is 1. The molecule has 1 aromatic rings. The Morgan fingerprint density at radius 3 is 2.30 bits per heavy atom. The molecular formula is C23H31NO5S. The van der Waals surface area contributed by atoms with Crippen molar-refractivity contribution in [3.8, 4) is 5.75 Å². The lowest BCUT2D eigenvalue weighted by Crippen LogP contribution is -2.27. The van der Waals surface area contributed by atoms with Crippen LogP contribution in [0.1, 0.15) is 32.8 Å². The molecule has 0 saturated heterocycles. The molecule has 0 bridgehead atoms. The average Bonchev–Trinajstić information content (AvgIpc) is 2.63. The third kappa shape index (κ3) is 11.4. The summed E-state index contributed by atoms with van der Waals surface area (Å²) in [6.45, 7) is 6.56. The standard InChI is InChI=1S/C23H31NO5S/c1-18(2)16-21(25)17-19(3)11-14-29-22-8-6-20(7-9-22)10-13-24(4)23(26)12-15-30(5,27)28/h6-9,11-12,15-16H,10,13-14,17H2,1-5H3/b15-12+,19-11+. The number of sulfone groups is 1. The molecule has 0 saturated carbocycles. The molecule has 0 radical (unpaired) electrons. The lowest BCUT2D eigenvalue weighted by molar-refractivity contribution is -0.124. The number of ketones is 1. The van der Waals surface area contributed by atoms with Gasteiger partial charge in [-0.15, -0.1) is 0 Å². The average molecular weight is 434 g/mol. The third-order valence-electron chi connectivity index (χ3n) is 4.08. The lowest BCUT2D eigenvalue weighted by Gasteiger charge is -2.15. The van der Waals surface area contributed by atoms with E-state index in [-0.39, 0.29) is 11.7 Å². The van der Waals surface area contributed by atoms with Crippen LogP contribution in [0.15, 0.2) is 59.0 Å². The molecule has 0 aromatic heterocycles. The van der Waals surface area contributed by atoms with Crippen LogP contribution in [0, 0.1) is 0 Å². The first-order valence-electron chi connectivity index (χ1n) is 9.64. The predicted octanol–water partition coefficient (Wildman–Crippen LogP) is 3.50. The molecule has 0 spiro atoms.